The SMILES string of the molecule is C=CC=Cc1cccc(F)c1F. The molecule has 1 aromatic carbocycles. The van der Waals surface area contributed by atoms with Crippen molar-refractivity contribution in [2.75, 3.05) is 0 Å². The molecule has 0 saturated carbocycles. The molecule has 0 aliphatic carbocycles. The Labute approximate surface area is 69.8 Å². The average molecular weight is 166 g/mol. The molecule has 0 fully saturated rings. The third kappa shape index (κ3) is 1.78. The molecule has 2 heteroatoms. The van der Waals surface area contributed by atoms with Gasteiger partial charge in [-0.3, -0.25) is 0 Å². The third-order valence-electron chi connectivity index (χ3n) is 1.39. The molecule has 1 aromatic rings. The lowest BCUT2D eigenvalue weighted by atomic mass is 10.2. The normalized spacial score (nSPS) is 10.5. The minimum Gasteiger partial charge on any atom is -0.204 e. The molecule has 0 aliphatic rings. The smallest absolute Gasteiger partial charge is 0.166 e. The second-order valence-electron chi connectivity index (χ2n) is 2.24. The highest BCUT2D eigenvalue weighted by molar-refractivity contribution is 5.51. The van der Waals surface area contributed by atoms with Crippen molar-refractivity contribution >= 4 is 6.08 Å². The molecule has 0 heterocycles. The Bertz CT molecular complexity index is 314. The van der Waals surface area contributed by atoms with Gasteiger partial charge in [0.1, 0.15) is 0 Å². The van der Waals surface area contributed by atoms with Crippen LogP contribution >= 0.6 is 0 Å². The number of benzene rings is 1. The van der Waals surface area contributed by atoms with Crippen LogP contribution in [0, 0.1) is 11.6 Å². The van der Waals surface area contributed by atoms with Crippen molar-refractivity contribution in [2.45, 2.75) is 0 Å². The van der Waals surface area contributed by atoms with E-state index in [-0.39, 0.29) is 5.56 Å². The third-order valence-corrected chi connectivity index (χ3v) is 1.39. The first kappa shape index (κ1) is 8.65. The Balaban J connectivity index is 3.07. The summed E-state index contributed by atoms with van der Waals surface area (Å²) in [4.78, 5) is 0. The number of allylic oxidation sites excluding steroid dienone is 2. The lowest BCUT2D eigenvalue weighted by molar-refractivity contribution is 0.507. The number of hydrogen-bond acceptors (Lipinski definition) is 0. The van der Waals surface area contributed by atoms with Gasteiger partial charge in [0, 0.05) is 5.56 Å². The van der Waals surface area contributed by atoms with Crippen molar-refractivity contribution in [3.8, 4) is 0 Å². The van der Waals surface area contributed by atoms with E-state index in [1.165, 1.54) is 24.3 Å². The first-order valence-electron chi connectivity index (χ1n) is 3.49. The van der Waals surface area contributed by atoms with Crippen LogP contribution in [0.2, 0.25) is 0 Å². The van der Waals surface area contributed by atoms with Crippen LogP contribution in [-0.2, 0) is 0 Å². The van der Waals surface area contributed by atoms with Crippen LogP contribution in [0.5, 0.6) is 0 Å². The Kier molecular flexibility index (Phi) is 2.75. The predicted molar refractivity (Wildman–Crippen MR) is 45.6 cm³/mol. The first-order valence-corrected chi connectivity index (χ1v) is 3.49. The van der Waals surface area contributed by atoms with Crippen molar-refractivity contribution in [1.82, 2.24) is 0 Å². The highest BCUT2D eigenvalue weighted by atomic mass is 19.2. The summed E-state index contributed by atoms with van der Waals surface area (Å²) in [6.07, 6.45) is 4.52. The maximum atomic E-state index is 12.9. The van der Waals surface area contributed by atoms with Crippen LogP contribution in [-0.4, -0.2) is 0 Å². The molecular formula is C10H8F2. The highest BCUT2D eigenvalue weighted by Gasteiger charge is 2.02. The number of halogens is 2. The van der Waals surface area contributed by atoms with Crippen molar-refractivity contribution in [2.24, 2.45) is 0 Å². The van der Waals surface area contributed by atoms with Crippen molar-refractivity contribution in [3.63, 3.8) is 0 Å². The van der Waals surface area contributed by atoms with E-state index in [0.29, 0.717) is 0 Å². The van der Waals surface area contributed by atoms with Crippen LogP contribution in [0.3, 0.4) is 0 Å². The minimum atomic E-state index is -0.832. The van der Waals surface area contributed by atoms with E-state index in [2.05, 4.69) is 6.58 Å². The van der Waals surface area contributed by atoms with Crippen molar-refractivity contribution in [1.29, 1.82) is 0 Å². The Hall–Kier alpha value is -1.44. The van der Waals surface area contributed by atoms with Gasteiger partial charge in [-0.1, -0.05) is 36.9 Å². The second-order valence-corrected chi connectivity index (χ2v) is 2.24. The molecule has 0 N–H and O–H groups in total. The molecule has 62 valence electrons. The minimum absolute atomic E-state index is 0.231. The van der Waals surface area contributed by atoms with E-state index < -0.39 is 11.6 Å². The molecule has 0 saturated heterocycles. The summed E-state index contributed by atoms with van der Waals surface area (Å²) in [6.45, 7) is 3.42. The van der Waals surface area contributed by atoms with E-state index in [1.54, 1.807) is 6.08 Å². The molecule has 1 rings (SSSR count). The molecule has 0 amide bonds. The zero-order valence-corrected chi connectivity index (χ0v) is 6.43. The Morgan fingerprint density at radius 2 is 2.00 bits per heavy atom. The first-order chi connectivity index (χ1) is 5.75. The van der Waals surface area contributed by atoms with E-state index in [9.17, 15) is 8.78 Å². The van der Waals surface area contributed by atoms with Gasteiger partial charge in [-0.2, -0.15) is 0 Å². The van der Waals surface area contributed by atoms with Gasteiger partial charge in [0.25, 0.3) is 0 Å². The Morgan fingerprint density at radius 3 is 2.67 bits per heavy atom. The van der Waals surface area contributed by atoms with E-state index in [4.69, 9.17) is 0 Å². The summed E-state index contributed by atoms with van der Waals surface area (Å²) in [7, 11) is 0. The van der Waals surface area contributed by atoms with Gasteiger partial charge < -0.3 is 0 Å². The number of rotatable bonds is 2. The van der Waals surface area contributed by atoms with Gasteiger partial charge >= 0.3 is 0 Å². The monoisotopic (exact) mass is 166 g/mol. The average Bonchev–Trinajstić information content (AvgIpc) is 2.08. The quantitative estimate of drug-likeness (QED) is 0.592. The van der Waals surface area contributed by atoms with E-state index in [1.807, 2.05) is 0 Å². The summed E-state index contributed by atoms with van der Waals surface area (Å²) in [6, 6.07) is 4.04. The second kappa shape index (κ2) is 3.81. The van der Waals surface area contributed by atoms with Crippen LogP contribution in [0.4, 0.5) is 8.78 Å². The summed E-state index contributed by atoms with van der Waals surface area (Å²) >= 11 is 0. The zero-order valence-electron chi connectivity index (χ0n) is 6.43. The largest absolute Gasteiger partial charge is 0.204 e. The van der Waals surface area contributed by atoms with Gasteiger partial charge in [-0.25, -0.2) is 8.78 Å². The van der Waals surface area contributed by atoms with Crippen LogP contribution < -0.4 is 0 Å². The Morgan fingerprint density at radius 1 is 1.25 bits per heavy atom. The summed E-state index contributed by atoms with van der Waals surface area (Å²) in [5, 5.41) is 0. The maximum absolute atomic E-state index is 12.9. The molecule has 0 radical (unpaired) electrons. The fourth-order valence-electron chi connectivity index (χ4n) is 0.821. The molecular weight excluding hydrogens is 158 g/mol. The van der Waals surface area contributed by atoms with Gasteiger partial charge in [0.05, 0.1) is 0 Å². The predicted octanol–water partition coefficient (Wildman–Crippen LogP) is 3.16. The van der Waals surface area contributed by atoms with Gasteiger partial charge in [0.15, 0.2) is 11.6 Å². The summed E-state index contributed by atoms with van der Waals surface area (Å²) in [5.41, 5.74) is 0.231. The van der Waals surface area contributed by atoms with Crippen LogP contribution in [0.1, 0.15) is 5.56 Å². The molecule has 0 bridgehead atoms. The topological polar surface area (TPSA) is 0 Å². The standard InChI is InChI=1S/C10H8F2/c1-2-3-5-8-6-4-7-9(11)10(8)12/h2-7H,1H2. The van der Waals surface area contributed by atoms with E-state index in [0.717, 1.165) is 6.07 Å². The maximum Gasteiger partial charge on any atom is 0.166 e. The molecule has 0 aromatic heterocycles. The van der Waals surface area contributed by atoms with E-state index >= 15 is 0 Å². The molecule has 12 heavy (non-hydrogen) atoms. The van der Waals surface area contributed by atoms with Crippen LogP contribution in [0.15, 0.2) is 36.9 Å². The van der Waals surface area contributed by atoms with Crippen molar-refractivity contribution < 1.29 is 8.78 Å². The fourth-order valence-corrected chi connectivity index (χ4v) is 0.821. The molecule has 0 nitrogen and oxygen atoms in total. The zero-order chi connectivity index (χ0) is 8.97. The molecule has 0 spiro atoms. The molecule has 0 atom stereocenters. The highest BCUT2D eigenvalue weighted by Crippen LogP contribution is 2.12. The fraction of sp³-hybridized carbons (Fsp3) is 0. The van der Waals surface area contributed by atoms with Gasteiger partial charge in [-0.05, 0) is 6.07 Å². The number of hydrogen-bond donors (Lipinski definition) is 0. The summed E-state index contributed by atoms with van der Waals surface area (Å²) in [5.74, 6) is -1.66. The molecule has 0 aliphatic heterocycles. The molecule has 0 unspecified atom stereocenters. The van der Waals surface area contributed by atoms with Crippen molar-refractivity contribution in [3.05, 3.63) is 54.1 Å². The summed E-state index contributed by atoms with van der Waals surface area (Å²) < 4.78 is 25.4. The van der Waals surface area contributed by atoms with Crippen LogP contribution in [0.25, 0.3) is 6.08 Å². The van der Waals surface area contributed by atoms with Gasteiger partial charge in [0.2, 0.25) is 0 Å². The lowest BCUT2D eigenvalue weighted by Crippen LogP contribution is -1.86. The van der Waals surface area contributed by atoms with Gasteiger partial charge in [-0.15, -0.1) is 0 Å². The lowest BCUT2D eigenvalue weighted by Gasteiger charge is -1.95.